The molecule has 3 rings (SSSR count). The highest BCUT2D eigenvalue weighted by Gasteiger charge is 2.18. The predicted molar refractivity (Wildman–Crippen MR) is 92.0 cm³/mol. The van der Waals surface area contributed by atoms with E-state index in [4.69, 9.17) is 0 Å². The van der Waals surface area contributed by atoms with E-state index in [9.17, 15) is 13.6 Å². The molecule has 24 heavy (non-hydrogen) atoms. The van der Waals surface area contributed by atoms with Crippen LogP contribution in [0.1, 0.15) is 6.92 Å². The van der Waals surface area contributed by atoms with Gasteiger partial charge in [0, 0.05) is 16.5 Å². The molecule has 1 amide bonds. The topological polar surface area (TPSA) is 42.0 Å². The van der Waals surface area contributed by atoms with Crippen molar-refractivity contribution in [2.75, 3.05) is 5.32 Å². The summed E-state index contributed by atoms with van der Waals surface area (Å²) >= 11 is 0.974. The van der Waals surface area contributed by atoms with Gasteiger partial charge in [0.05, 0.1) is 16.5 Å². The molecule has 0 aliphatic heterocycles. The molecule has 122 valence electrons. The SMILES string of the molecule is C[C@H](Sc1cc(F)ccc1F)C(=O)Nc1cccc2ncccc12. The van der Waals surface area contributed by atoms with Crippen LogP contribution in [-0.4, -0.2) is 16.1 Å². The summed E-state index contributed by atoms with van der Waals surface area (Å²) in [6.45, 7) is 1.65. The van der Waals surface area contributed by atoms with Crippen molar-refractivity contribution in [3.63, 3.8) is 0 Å². The van der Waals surface area contributed by atoms with Gasteiger partial charge < -0.3 is 5.32 Å². The molecule has 3 aromatic rings. The van der Waals surface area contributed by atoms with Gasteiger partial charge in [-0.15, -0.1) is 11.8 Å². The Balaban J connectivity index is 1.77. The maximum Gasteiger partial charge on any atom is 0.237 e. The molecular formula is C18H14F2N2OS. The molecule has 0 saturated carbocycles. The second-order valence-electron chi connectivity index (χ2n) is 5.20. The van der Waals surface area contributed by atoms with Gasteiger partial charge in [0.15, 0.2) is 0 Å². The average Bonchev–Trinajstić information content (AvgIpc) is 2.58. The second-order valence-corrected chi connectivity index (χ2v) is 6.58. The van der Waals surface area contributed by atoms with Gasteiger partial charge in [0.2, 0.25) is 5.91 Å². The molecule has 0 bridgehead atoms. The number of amides is 1. The van der Waals surface area contributed by atoms with E-state index in [2.05, 4.69) is 10.3 Å². The fourth-order valence-corrected chi connectivity index (χ4v) is 3.17. The average molecular weight is 344 g/mol. The van der Waals surface area contributed by atoms with E-state index in [0.717, 1.165) is 40.9 Å². The van der Waals surface area contributed by atoms with Crippen molar-refractivity contribution in [3.05, 3.63) is 66.4 Å². The van der Waals surface area contributed by atoms with Gasteiger partial charge >= 0.3 is 0 Å². The Kier molecular flexibility index (Phi) is 4.76. The third-order valence-electron chi connectivity index (χ3n) is 3.47. The number of nitrogens with one attached hydrogen (secondary N) is 1. The van der Waals surface area contributed by atoms with E-state index >= 15 is 0 Å². The van der Waals surface area contributed by atoms with Crippen molar-refractivity contribution in [2.45, 2.75) is 17.1 Å². The predicted octanol–water partition coefficient (Wildman–Crippen LogP) is 4.63. The van der Waals surface area contributed by atoms with Crippen molar-refractivity contribution < 1.29 is 13.6 Å². The number of anilines is 1. The number of carbonyl (C=O) groups is 1. The fourth-order valence-electron chi connectivity index (χ4n) is 2.26. The smallest absolute Gasteiger partial charge is 0.237 e. The van der Waals surface area contributed by atoms with E-state index in [1.165, 1.54) is 0 Å². The van der Waals surface area contributed by atoms with Crippen LogP contribution in [0.2, 0.25) is 0 Å². The van der Waals surface area contributed by atoms with Gasteiger partial charge in [0.25, 0.3) is 0 Å². The number of fused-ring (bicyclic) bond motifs is 1. The number of pyridine rings is 1. The van der Waals surface area contributed by atoms with Crippen LogP contribution in [0.5, 0.6) is 0 Å². The summed E-state index contributed by atoms with van der Waals surface area (Å²) in [6, 6.07) is 12.3. The number of nitrogens with zero attached hydrogens (tertiary/aromatic N) is 1. The number of carbonyl (C=O) groups excluding carboxylic acids is 1. The zero-order valence-electron chi connectivity index (χ0n) is 12.8. The lowest BCUT2D eigenvalue weighted by molar-refractivity contribution is -0.115. The molecule has 1 atom stereocenters. The van der Waals surface area contributed by atoms with Crippen LogP contribution in [0, 0.1) is 11.6 Å². The van der Waals surface area contributed by atoms with E-state index < -0.39 is 16.9 Å². The molecule has 1 aromatic heterocycles. The molecule has 0 spiro atoms. The zero-order chi connectivity index (χ0) is 17.1. The lowest BCUT2D eigenvalue weighted by atomic mass is 10.2. The number of hydrogen-bond donors (Lipinski definition) is 1. The molecular weight excluding hydrogens is 330 g/mol. The molecule has 0 unspecified atom stereocenters. The normalized spacial score (nSPS) is 12.1. The Morgan fingerprint density at radius 2 is 2.00 bits per heavy atom. The van der Waals surface area contributed by atoms with E-state index in [-0.39, 0.29) is 10.8 Å². The zero-order valence-corrected chi connectivity index (χ0v) is 13.6. The number of rotatable bonds is 4. The Hall–Kier alpha value is -2.47. The first-order chi connectivity index (χ1) is 11.5. The minimum Gasteiger partial charge on any atom is -0.324 e. The first-order valence-electron chi connectivity index (χ1n) is 7.31. The second kappa shape index (κ2) is 6.97. The summed E-state index contributed by atoms with van der Waals surface area (Å²) in [5.74, 6) is -1.37. The number of halogens is 2. The first kappa shape index (κ1) is 16.4. The maximum atomic E-state index is 13.7. The van der Waals surface area contributed by atoms with Crippen LogP contribution in [0.3, 0.4) is 0 Å². The lowest BCUT2D eigenvalue weighted by Gasteiger charge is -2.14. The molecule has 3 nitrogen and oxygen atoms in total. The van der Waals surface area contributed by atoms with Crippen molar-refractivity contribution in [2.24, 2.45) is 0 Å². The summed E-state index contributed by atoms with van der Waals surface area (Å²) < 4.78 is 26.9. The third kappa shape index (κ3) is 3.54. The van der Waals surface area contributed by atoms with Crippen LogP contribution in [0.4, 0.5) is 14.5 Å². The van der Waals surface area contributed by atoms with Crippen LogP contribution in [0.15, 0.2) is 59.6 Å². The monoisotopic (exact) mass is 344 g/mol. The van der Waals surface area contributed by atoms with E-state index in [1.54, 1.807) is 31.3 Å². The summed E-state index contributed by atoms with van der Waals surface area (Å²) in [7, 11) is 0. The van der Waals surface area contributed by atoms with E-state index in [1.807, 2.05) is 12.1 Å². The molecule has 1 N–H and O–H groups in total. The molecule has 0 aliphatic carbocycles. The first-order valence-corrected chi connectivity index (χ1v) is 8.19. The van der Waals surface area contributed by atoms with Crippen molar-refractivity contribution >= 4 is 34.3 Å². The van der Waals surface area contributed by atoms with Gasteiger partial charge in [-0.3, -0.25) is 9.78 Å². The van der Waals surface area contributed by atoms with Crippen molar-refractivity contribution in [1.82, 2.24) is 4.98 Å². The Morgan fingerprint density at radius 1 is 1.17 bits per heavy atom. The van der Waals surface area contributed by atoms with Crippen LogP contribution < -0.4 is 5.32 Å². The Labute approximate surface area is 142 Å². The van der Waals surface area contributed by atoms with Gasteiger partial charge in [-0.25, -0.2) is 8.78 Å². The highest BCUT2D eigenvalue weighted by atomic mass is 32.2. The van der Waals surface area contributed by atoms with E-state index in [0.29, 0.717) is 5.69 Å². The van der Waals surface area contributed by atoms with Gasteiger partial charge in [0.1, 0.15) is 11.6 Å². The van der Waals surface area contributed by atoms with Gasteiger partial charge in [-0.2, -0.15) is 0 Å². The number of hydrogen-bond acceptors (Lipinski definition) is 3. The highest BCUT2D eigenvalue weighted by Crippen LogP contribution is 2.28. The minimum absolute atomic E-state index is 0.109. The Bertz CT molecular complexity index is 896. The maximum absolute atomic E-state index is 13.7. The van der Waals surface area contributed by atoms with Crippen LogP contribution >= 0.6 is 11.8 Å². The summed E-state index contributed by atoms with van der Waals surface area (Å²) in [5.41, 5.74) is 1.41. The minimum atomic E-state index is -0.590. The van der Waals surface area contributed by atoms with Gasteiger partial charge in [-0.05, 0) is 49.4 Å². The van der Waals surface area contributed by atoms with Gasteiger partial charge in [-0.1, -0.05) is 6.07 Å². The molecule has 0 fully saturated rings. The lowest BCUT2D eigenvalue weighted by Crippen LogP contribution is -2.22. The highest BCUT2D eigenvalue weighted by molar-refractivity contribution is 8.00. The molecule has 6 heteroatoms. The van der Waals surface area contributed by atoms with Crippen LogP contribution in [-0.2, 0) is 4.79 Å². The molecule has 0 radical (unpaired) electrons. The molecule has 0 aliphatic rings. The standard InChI is InChI=1S/C18H14F2N2OS/c1-11(24-17-10-12(19)7-8-14(17)20)18(23)22-16-6-2-5-15-13(16)4-3-9-21-15/h2-11H,1H3,(H,22,23)/t11-/m0/s1. The quantitative estimate of drug-likeness (QED) is 0.702. The summed E-state index contributed by atoms with van der Waals surface area (Å²) in [4.78, 5) is 16.7. The van der Waals surface area contributed by atoms with Crippen molar-refractivity contribution in [1.29, 1.82) is 0 Å². The molecule has 2 aromatic carbocycles. The number of aromatic nitrogens is 1. The summed E-state index contributed by atoms with van der Waals surface area (Å²) in [5, 5.41) is 3.06. The van der Waals surface area contributed by atoms with Crippen molar-refractivity contribution in [3.8, 4) is 0 Å². The number of thioether (sulfide) groups is 1. The third-order valence-corrected chi connectivity index (χ3v) is 4.60. The largest absolute Gasteiger partial charge is 0.324 e. The summed E-state index contributed by atoms with van der Waals surface area (Å²) in [6.07, 6.45) is 1.68. The Morgan fingerprint density at radius 3 is 2.83 bits per heavy atom. The fraction of sp³-hybridized carbons (Fsp3) is 0.111. The molecule has 0 saturated heterocycles. The van der Waals surface area contributed by atoms with Crippen LogP contribution in [0.25, 0.3) is 10.9 Å². The molecule has 1 heterocycles. The number of benzene rings is 2.